The van der Waals surface area contributed by atoms with Gasteiger partial charge in [0.2, 0.25) is 0 Å². The third-order valence-corrected chi connectivity index (χ3v) is 4.15. The molecule has 0 saturated carbocycles. The quantitative estimate of drug-likeness (QED) is 0.555. The van der Waals surface area contributed by atoms with Crippen molar-refractivity contribution < 1.29 is 31.4 Å². The fourth-order valence-corrected chi connectivity index (χ4v) is 2.76. The zero-order chi connectivity index (χ0) is 20.5. The highest BCUT2D eigenvalue weighted by atomic mass is 19.4. The largest absolute Gasteiger partial charge is 0.416 e. The number of alkyl halides is 6. The van der Waals surface area contributed by atoms with Crippen LogP contribution >= 0.6 is 0 Å². The maximum atomic E-state index is 12.9. The number of rotatable bonds is 3. The molecule has 28 heavy (non-hydrogen) atoms. The van der Waals surface area contributed by atoms with E-state index in [1.54, 1.807) is 0 Å². The summed E-state index contributed by atoms with van der Waals surface area (Å²) in [4.78, 5) is 4.09. The van der Waals surface area contributed by atoms with Crippen molar-refractivity contribution in [1.82, 2.24) is 4.98 Å². The summed E-state index contributed by atoms with van der Waals surface area (Å²) < 4.78 is 77.5. The molecule has 1 N–H and O–H groups in total. The standard InChI is InChI=1S/C20H13F6NO/c21-19(22,23)15-5-1-3-12(7-15)17-10-27-18(9-14(17)11-28)13-4-2-6-16(8-13)20(24,25)26/h1-10,28H,11H2. The first-order chi connectivity index (χ1) is 13.1. The lowest BCUT2D eigenvalue weighted by atomic mass is 9.98. The highest BCUT2D eigenvalue weighted by Crippen LogP contribution is 2.35. The van der Waals surface area contributed by atoms with Gasteiger partial charge in [0.05, 0.1) is 23.4 Å². The van der Waals surface area contributed by atoms with E-state index in [4.69, 9.17) is 0 Å². The molecule has 8 heteroatoms. The van der Waals surface area contributed by atoms with E-state index in [0.717, 1.165) is 24.3 Å². The lowest BCUT2D eigenvalue weighted by molar-refractivity contribution is -0.138. The summed E-state index contributed by atoms with van der Waals surface area (Å²) >= 11 is 0. The number of benzene rings is 2. The Bertz CT molecular complexity index is 994. The van der Waals surface area contributed by atoms with E-state index >= 15 is 0 Å². The van der Waals surface area contributed by atoms with Crippen LogP contribution in [0.4, 0.5) is 26.3 Å². The Kier molecular flexibility index (Phi) is 5.16. The predicted octanol–water partition coefficient (Wildman–Crippen LogP) is 5.95. The topological polar surface area (TPSA) is 33.1 Å². The van der Waals surface area contributed by atoms with E-state index in [9.17, 15) is 31.4 Å². The van der Waals surface area contributed by atoms with Gasteiger partial charge < -0.3 is 5.11 Å². The number of halogens is 6. The van der Waals surface area contributed by atoms with Crippen molar-refractivity contribution in [3.05, 3.63) is 77.5 Å². The average molecular weight is 397 g/mol. The van der Waals surface area contributed by atoms with E-state index in [0.29, 0.717) is 0 Å². The zero-order valence-electron chi connectivity index (χ0n) is 14.1. The molecule has 0 aliphatic carbocycles. The van der Waals surface area contributed by atoms with Gasteiger partial charge in [-0.25, -0.2) is 0 Å². The molecule has 0 amide bonds. The average Bonchev–Trinajstić information content (AvgIpc) is 2.66. The van der Waals surface area contributed by atoms with Gasteiger partial charge >= 0.3 is 12.4 Å². The maximum absolute atomic E-state index is 12.9. The van der Waals surface area contributed by atoms with Crippen LogP contribution in [0.1, 0.15) is 16.7 Å². The first-order valence-corrected chi connectivity index (χ1v) is 8.04. The maximum Gasteiger partial charge on any atom is 0.416 e. The highest BCUT2D eigenvalue weighted by molar-refractivity contribution is 5.71. The van der Waals surface area contributed by atoms with Gasteiger partial charge in [-0.3, -0.25) is 4.98 Å². The molecule has 3 rings (SSSR count). The summed E-state index contributed by atoms with van der Waals surface area (Å²) in [6, 6.07) is 10.4. The fraction of sp³-hybridized carbons (Fsp3) is 0.150. The fourth-order valence-electron chi connectivity index (χ4n) is 2.76. The van der Waals surface area contributed by atoms with Crippen LogP contribution in [0.2, 0.25) is 0 Å². The summed E-state index contributed by atoms with van der Waals surface area (Å²) in [6.45, 7) is -0.514. The van der Waals surface area contributed by atoms with Crippen LogP contribution < -0.4 is 0 Å². The summed E-state index contributed by atoms with van der Waals surface area (Å²) in [5.41, 5.74) is -0.630. The van der Waals surface area contributed by atoms with E-state index in [1.807, 2.05) is 0 Å². The number of nitrogens with zero attached hydrogens (tertiary/aromatic N) is 1. The Morgan fingerprint density at radius 2 is 1.29 bits per heavy atom. The van der Waals surface area contributed by atoms with Gasteiger partial charge in [-0.1, -0.05) is 24.3 Å². The van der Waals surface area contributed by atoms with Crippen LogP contribution in [-0.4, -0.2) is 10.1 Å². The Morgan fingerprint density at radius 3 is 1.82 bits per heavy atom. The van der Waals surface area contributed by atoms with Crippen LogP contribution in [0.5, 0.6) is 0 Å². The normalized spacial score (nSPS) is 12.2. The Labute approximate surface area is 156 Å². The predicted molar refractivity (Wildman–Crippen MR) is 91.0 cm³/mol. The summed E-state index contributed by atoms with van der Waals surface area (Å²) in [7, 11) is 0. The van der Waals surface area contributed by atoms with Crippen molar-refractivity contribution in [1.29, 1.82) is 0 Å². The van der Waals surface area contributed by atoms with Crippen molar-refractivity contribution in [3.8, 4) is 22.4 Å². The second-order valence-corrected chi connectivity index (χ2v) is 6.04. The molecule has 0 aliphatic rings. The minimum atomic E-state index is -4.53. The van der Waals surface area contributed by atoms with Crippen molar-refractivity contribution in [2.24, 2.45) is 0 Å². The molecule has 0 unspecified atom stereocenters. The second kappa shape index (κ2) is 7.27. The van der Waals surface area contributed by atoms with E-state index in [-0.39, 0.29) is 27.9 Å². The molecule has 3 aromatic rings. The number of pyridine rings is 1. The van der Waals surface area contributed by atoms with Gasteiger partial charge in [-0.05, 0) is 41.5 Å². The van der Waals surface area contributed by atoms with Crippen LogP contribution in [0.15, 0.2) is 60.8 Å². The van der Waals surface area contributed by atoms with Gasteiger partial charge in [0, 0.05) is 17.3 Å². The minimum Gasteiger partial charge on any atom is -0.392 e. The van der Waals surface area contributed by atoms with Gasteiger partial charge in [0.25, 0.3) is 0 Å². The molecule has 0 aliphatic heterocycles. The van der Waals surface area contributed by atoms with E-state index in [2.05, 4.69) is 4.98 Å². The summed E-state index contributed by atoms with van der Waals surface area (Å²) in [5.74, 6) is 0. The molecule has 1 aromatic heterocycles. The molecule has 0 bridgehead atoms. The molecule has 0 atom stereocenters. The lowest BCUT2D eigenvalue weighted by Gasteiger charge is -2.13. The molecule has 146 valence electrons. The first kappa shape index (κ1) is 19.9. The summed E-state index contributed by atoms with van der Waals surface area (Å²) in [6.07, 6.45) is -7.80. The molecule has 2 nitrogen and oxygen atoms in total. The van der Waals surface area contributed by atoms with Crippen molar-refractivity contribution in [2.45, 2.75) is 19.0 Å². The second-order valence-electron chi connectivity index (χ2n) is 6.04. The number of aliphatic hydroxyl groups excluding tert-OH is 1. The number of hydrogen-bond donors (Lipinski definition) is 1. The third-order valence-electron chi connectivity index (χ3n) is 4.15. The lowest BCUT2D eigenvalue weighted by Crippen LogP contribution is -2.05. The van der Waals surface area contributed by atoms with Crippen LogP contribution in [0, 0.1) is 0 Å². The van der Waals surface area contributed by atoms with E-state index < -0.39 is 30.1 Å². The van der Waals surface area contributed by atoms with Crippen LogP contribution in [-0.2, 0) is 19.0 Å². The molecular formula is C20H13F6NO. The van der Waals surface area contributed by atoms with Crippen molar-refractivity contribution in [3.63, 3.8) is 0 Å². The minimum absolute atomic E-state index is 0.172. The highest BCUT2D eigenvalue weighted by Gasteiger charge is 2.31. The van der Waals surface area contributed by atoms with Crippen molar-refractivity contribution >= 4 is 0 Å². The molecule has 0 fully saturated rings. The SMILES string of the molecule is OCc1cc(-c2cccc(C(F)(F)F)c2)ncc1-c1cccc(C(F)(F)F)c1. The molecule has 2 aromatic carbocycles. The Hall–Kier alpha value is -2.87. The van der Waals surface area contributed by atoms with E-state index in [1.165, 1.54) is 36.5 Å². The summed E-state index contributed by atoms with van der Waals surface area (Å²) in [5, 5.41) is 9.63. The molecular weight excluding hydrogens is 384 g/mol. The van der Waals surface area contributed by atoms with Crippen molar-refractivity contribution in [2.75, 3.05) is 0 Å². The number of aromatic nitrogens is 1. The number of hydrogen-bond acceptors (Lipinski definition) is 2. The van der Waals surface area contributed by atoms with Gasteiger partial charge in [0.1, 0.15) is 0 Å². The zero-order valence-corrected chi connectivity index (χ0v) is 14.1. The Balaban J connectivity index is 2.05. The molecule has 0 radical (unpaired) electrons. The molecule has 1 heterocycles. The monoisotopic (exact) mass is 397 g/mol. The molecule has 0 saturated heterocycles. The number of aliphatic hydroxyl groups is 1. The van der Waals surface area contributed by atoms with Crippen LogP contribution in [0.3, 0.4) is 0 Å². The van der Waals surface area contributed by atoms with Gasteiger partial charge in [0.15, 0.2) is 0 Å². The smallest absolute Gasteiger partial charge is 0.392 e. The Morgan fingerprint density at radius 1 is 0.750 bits per heavy atom. The first-order valence-electron chi connectivity index (χ1n) is 8.04. The van der Waals surface area contributed by atoms with Crippen LogP contribution in [0.25, 0.3) is 22.4 Å². The van der Waals surface area contributed by atoms with Gasteiger partial charge in [-0.2, -0.15) is 26.3 Å². The molecule has 0 spiro atoms. The third kappa shape index (κ3) is 4.17. The van der Waals surface area contributed by atoms with Gasteiger partial charge in [-0.15, -0.1) is 0 Å².